The van der Waals surface area contributed by atoms with Crippen LogP contribution in [-0.2, 0) is 4.79 Å². The minimum atomic E-state index is -0.289. The summed E-state index contributed by atoms with van der Waals surface area (Å²) in [5.41, 5.74) is 7.58. The van der Waals surface area contributed by atoms with Gasteiger partial charge in [0, 0.05) is 25.2 Å². The third kappa shape index (κ3) is 3.50. The average molecular weight is 342 g/mol. The van der Waals surface area contributed by atoms with E-state index in [1.807, 2.05) is 25.1 Å². The van der Waals surface area contributed by atoms with Gasteiger partial charge in [-0.1, -0.05) is 6.07 Å². The Kier molecular flexibility index (Phi) is 4.74. The first-order chi connectivity index (χ1) is 12.0. The SMILES string of the molecule is COc1ccc(C)cc1-n1ccc(C(=O)N2CCC(C(N)=O)CC2)n1. The molecule has 2 N–H and O–H groups in total. The van der Waals surface area contributed by atoms with Crippen molar-refractivity contribution in [3.8, 4) is 11.4 Å². The number of amides is 2. The van der Waals surface area contributed by atoms with Crippen molar-refractivity contribution < 1.29 is 14.3 Å². The number of hydrogen-bond acceptors (Lipinski definition) is 4. The van der Waals surface area contributed by atoms with Gasteiger partial charge in [-0.3, -0.25) is 9.59 Å². The lowest BCUT2D eigenvalue weighted by Gasteiger charge is -2.29. The topological polar surface area (TPSA) is 90.5 Å². The lowest BCUT2D eigenvalue weighted by Crippen LogP contribution is -2.41. The molecule has 0 atom stereocenters. The van der Waals surface area contributed by atoms with Gasteiger partial charge in [-0.05, 0) is 43.5 Å². The molecule has 0 unspecified atom stereocenters. The minimum absolute atomic E-state index is 0.131. The zero-order chi connectivity index (χ0) is 18.0. The second-order valence-electron chi connectivity index (χ2n) is 6.29. The summed E-state index contributed by atoms with van der Waals surface area (Å²) < 4.78 is 7.02. The molecule has 3 rings (SSSR count). The van der Waals surface area contributed by atoms with E-state index in [0.717, 1.165) is 11.3 Å². The van der Waals surface area contributed by atoms with Gasteiger partial charge in [0.25, 0.3) is 5.91 Å². The van der Waals surface area contributed by atoms with Crippen LogP contribution in [0.15, 0.2) is 30.5 Å². The second kappa shape index (κ2) is 6.96. The van der Waals surface area contributed by atoms with E-state index in [9.17, 15) is 9.59 Å². The van der Waals surface area contributed by atoms with E-state index in [2.05, 4.69) is 5.10 Å². The Labute approximate surface area is 146 Å². The second-order valence-corrected chi connectivity index (χ2v) is 6.29. The summed E-state index contributed by atoms with van der Waals surface area (Å²) in [6.45, 7) is 3.03. The fraction of sp³-hybridized carbons (Fsp3) is 0.389. The standard InChI is InChI=1S/C18H22N4O3/c1-12-3-4-16(25-2)15(11-12)22-10-7-14(20-22)18(24)21-8-5-13(6-9-21)17(19)23/h3-4,7,10-11,13H,5-6,8-9H2,1-2H3,(H2,19,23). The molecule has 2 heterocycles. The molecule has 1 aromatic heterocycles. The number of rotatable bonds is 4. The Morgan fingerprint density at radius 2 is 1.96 bits per heavy atom. The van der Waals surface area contributed by atoms with Crippen LogP contribution in [0.25, 0.3) is 5.69 Å². The van der Waals surface area contributed by atoms with E-state index in [1.165, 1.54) is 0 Å². The number of ether oxygens (including phenoxy) is 1. The Bertz CT molecular complexity index is 791. The van der Waals surface area contributed by atoms with Crippen LogP contribution in [0.2, 0.25) is 0 Å². The summed E-state index contributed by atoms with van der Waals surface area (Å²) in [7, 11) is 1.60. The van der Waals surface area contributed by atoms with Crippen molar-refractivity contribution in [2.75, 3.05) is 20.2 Å². The molecule has 1 fully saturated rings. The highest BCUT2D eigenvalue weighted by atomic mass is 16.5. The molecule has 0 aliphatic carbocycles. The number of likely N-dealkylation sites (tertiary alicyclic amines) is 1. The van der Waals surface area contributed by atoms with Gasteiger partial charge < -0.3 is 15.4 Å². The molecule has 0 radical (unpaired) electrons. The van der Waals surface area contributed by atoms with E-state index in [0.29, 0.717) is 37.4 Å². The molecule has 2 amide bonds. The van der Waals surface area contributed by atoms with Crippen molar-refractivity contribution in [2.24, 2.45) is 11.7 Å². The fourth-order valence-corrected chi connectivity index (χ4v) is 3.08. The Balaban J connectivity index is 1.77. The minimum Gasteiger partial charge on any atom is -0.494 e. The lowest BCUT2D eigenvalue weighted by molar-refractivity contribution is -0.123. The van der Waals surface area contributed by atoms with Crippen LogP contribution in [0, 0.1) is 12.8 Å². The number of methoxy groups -OCH3 is 1. The van der Waals surface area contributed by atoms with Gasteiger partial charge in [0.1, 0.15) is 11.4 Å². The number of aryl methyl sites for hydroxylation is 1. The molecule has 7 nitrogen and oxygen atoms in total. The summed E-state index contributed by atoms with van der Waals surface area (Å²) in [5, 5.41) is 4.41. The van der Waals surface area contributed by atoms with Gasteiger partial charge in [-0.15, -0.1) is 0 Å². The fourth-order valence-electron chi connectivity index (χ4n) is 3.08. The number of piperidine rings is 1. The van der Waals surface area contributed by atoms with E-state index < -0.39 is 0 Å². The highest BCUT2D eigenvalue weighted by Crippen LogP contribution is 2.24. The van der Waals surface area contributed by atoms with Crippen LogP contribution in [0.5, 0.6) is 5.75 Å². The number of primary amides is 1. The highest BCUT2D eigenvalue weighted by Gasteiger charge is 2.27. The Morgan fingerprint density at radius 1 is 1.24 bits per heavy atom. The molecule has 1 aromatic carbocycles. The third-order valence-corrected chi connectivity index (χ3v) is 4.57. The molecule has 0 spiro atoms. The quantitative estimate of drug-likeness (QED) is 0.912. The first-order valence-electron chi connectivity index (χ1n) is 8.29. The molecule has 1 saturated heterocycles. The Hall–Kier alpha value is -2.83. The molecular formula is C18H22N4O3. The van der Waals surface area contributed by atoms with Crippen LogP contribution in [0.4, 0.5) is 0 Å². The normalized spacial score (nSPS) is 15.2. The maximum Gasteiger partial charge on any atom is 0.274 e. The summed E-state index contributed by atoms with van der Waals surface area (Å²) in [4.78, 5) is 25.6. The van der Waals surface area contributed by atoms with Crippen LogP contribution >= 0.6 is 0 Å². The van der Waals surface area contributed by atoms with Crippen molar-refractivity contribution in [3.63, 3.8) is 0 Å². The smallest absolute Gasteiger partial charge is 0.274 e. The van der Waals surface area contributed by atoms with Gasteiger partial charge in [-0.25, -0.2) is 4.68 Å². The summed E-state index contributed by atoms with van der Waals surface area (Å²) in [6, 6.07) is 7.49. The van der Waals surface area contributed by atoms with Crippen molar-refractivity contribution in [2.45, 2.75) is 19.8 Å². The van der Waals surface area contributed by atoms with Crippen LogP contribution < -0.4 is 10.5 Å². The molecule has 25 heavy (non-hydrogen) atoms. The van der Waals surface area contributed by atoms with Gasteiger partial charge in [0.05, 0.1) is 7.11 Å². The molecule has 7 heteroatoms. The molecule has 1 aliphatic rings. The van der Waals surface area contributed by atoms with E-state index in [4.69, 9.17) is 10.5 Å². The number of carbonyl (C=O) groups is 2. The number of nitrogens with zero attached hydrogens (tertiary/aromatic N) is 3. The maximum atomic E-state index is 12.6. The largest absolute Gasteiger partial charge is 0.494 e. The number of hydrogen-bond donors (Lipinski definition) is 1. The Morgan fingerprint density at radius 3 is 2.60 bits per heavy atom. The molecule has 132 valence electrons. The number of aromatic nitrogens is 2. The third-order valence-electron chi connectivity index (χ3n) is 4.57. The highest BCUT2D eigenvalue weighted by molar-refractivity contribution is 5.92. The maximum absolute atomic E-state index is 12.6. The monoisotopic (exact) mass is 342 g/mol. The molecule has 1 aliphatic heterocycles. The van der Waals surface area contributed by atoms with Crippen molar-refractivity contribution in [1.82, 2.24) is 14.7 Å². The summed E-state index contributed by atoms with van der Waals surface area (Å²) >= 11 is 0. The van der Waals surface area contributed by atoms with Crippen molar-refractivity contribution >= 4 is 11.8 Å². The van der Waals surface area contributed by atoms with Crippen molar-refractivity contribution in [3.05, 3.63) is 41.7 Å². The van der Waals surface area contributed by atoms with Crippen molar-refractivity contribution in [1.29, 1.82) is 0 Å². The number of nitrogens with two attached hydrogens (primary N) is 1. The van der Waals surface area contributed by atoms with Crippen LogP contribution in [0.3, 0.4) is 0 Å². The molecule has 0 bridgehead atoms. The van der Waals surface area contributed by atoms with E-state index in [-0.39, 0.29) is 17.7 Å². The molecule has 2 aromatic rings. The van der Waals surface area contributed by atoms with Crippen LogP contribution in [0.1, 0.15) is 28.9 Å². The molecule has 0 saturated carbocycles. The van der Waals surface area contributed by atoms with Crippen LogP contribution in [-0.4, -0.2) is 46.7 Å². The van der Waals surface area contributed by atoms with Gasteiger partial charge >= 0.3 is 0 Å². The predicted octanol–water partition coefficient (Wildman–Crippen LogP) is 1.53. The zero-order valence-corrected chi connectivity index (χ0v) is 14.4. The van der Waals surface area contributed by atoms with Gasteiger partial charge in [0.2, 0.25) is 5.91 Å². The van der Waals surface area contributed by atoms with E-state index in [1.54, 1.807) is 29.0 Å². The predicted molar refractivity (Wildman–Crippen MR) is 92.7 cm³/mol. The first-order valence-corrected chi connectivity index (χ1v) is 8.29. The summed E-state index contributed by atoms with van der Waals surface area (Å²) in [5.74, 6) is 0.129. The first kappa shape index (κ1) is 17.0. The van der Waals surface area contributed by atoms with Gasteiger partial charge in [0.15, 0.2) is 5.69 Å². The zero-order valence-electron chi connectivity index (χ0n) is 14.4. The average Bonchev–Trinajstić information content (AvgIpc) is 3.11. The molecular weight excluding hydrogens is 320 g/mol. The summed E-state index contributed by atoms with van der Waals surface area (Å²) in [6.07, 6.45) is 2.96. The number of benzene rings is 1. The van der Waals surface area contributed by atoms with E-state index >= 15 is 0 Å². The number of carbonyl (C=O) groups excluding carboxylic acids is 2. The van der Waals surface area contributed by atoms with Gasteiger partial charge in [-0.2, -0.15) is 5.10 Å². The lowest BCUT2D eigenvalue weighted by atomic mass is 9.96.